The Balaban J connectivity index is 1.91. The van der Waals surface area contributed by atoms with Gasteiger partial charge in [-0.1, -0.05) is 56.3 Å². The van der Waals surface area contributed by atoms with Crippen LogP contribution in [-0.4, -0.2) is 22.0 Å². The quantitative estimate of drug-likeness (QED) is 0.741. The molecular formula is C21H25N3O. The topological polar surface area (TPSA) is 46.9 Å². The van der Waals surface area contributed by atoms with Gasteiger partial charge in [0.05, 0.1) is 17.1 Å². The summed E-state index contributed by atoms with van der Waals surface area (Å²) in [5.74, 6) is 1.09. The standard InChI is InChI=1S/C21H25N3O/c1-15(2)21(25)22-14-13-20-23-18-11-7-8-12-19(18)24(20)16(3)17-9-5-4-6-10-17/h4-12,15-16H,13-14H2,1-3H3,(H,22,25)/t16-/m1/s1. The summed E-state index contributed by atoms with van der Waals surface area (Å²) in [6.45, 7) is 6.60. The number of imidazole rings is 1. The van der Waals surface area contributed by atoms with Crippen molar-refractivity contribution in [3.8, 4) is 0 Å². The summed E-state index contributed by atoms with van der Waals surface area (Å²) in [6, 6.07) is 18.8. The van der Waals surface area contributed by atoms with E-state index >= 15 is 0 Å². The molecule has 3 rings (SSSR count). The average molecular weight is 335 g/mol. The zero-order valence-corrected chi connectivity index (χ0v) is 15.1. The molecule has 0 saturated carbocycles. The van der Waals surface area contributed by atoms with E-state index in [2.05, 4.69) is 47.1 Å². The number of nitrogens with zero attached hydrogens (tertiary/aromatic N) is 2. The highest BCUT2D eigenvalue weighted by Crippen LogP contribution is 2.26. The molecule has 0 spiro atoms. The number of hydrogen-bond donors (Lipinski definition) is 1. The van der Waals surface area contributed by atoms with Gasteiger partial charge in [0, 0.05) is 18.9 Å². The van der Waals surface area contributed by atoms with Crippen molar-refractivity contribution in [2.45, 2.75) is 33.2 Å². The summed E-state index contributed by atoms with van der Waals surface area (Å²) in [5.41, 5.74) is 3.37. The number of aromatic nitrogens is 2. The Morgan fingerprint density at radius 3 is 2.44 bits per heavy atom. The molecule has 1 heterocycles. The lowest BCUT2D eigenvalue weighted by molar-refractivity contribution is -0.123. The monoisotopic (exact) mass is 335 g/mol. The van der Waals surface area contributed by atoms with Crippen LogP contribution < -0.4 is 5.32 Å². The molecule has 4 heteroatoms. The first-order chi connectivity index (χ1) is 12.1. The van der Waals surface area contributed by atoms with Crippen LogP contribution in [0, 0.1) is 5.92 Å². The summed E-state index contributed by atoms with van der Waals surface area (Å²) in [6.07, 6.45) is 0.713. The summed E-state index contributed by atoms with van der Waals surface area (Å²) in [5, 5.41) is 2.99. The Bertz CT molecular complexity index is 852. The molecule has 130 valence electrons. The maximum Gasteiger partial charge on any atom is 0.222 e. The van der Waals surface area contributed by atoms with Crippen LogP contribution in [-0.2, 0) is 11.2 Å². The maximum atomic E-state index is 11.8. The van der Waals surface area contributed by atoms with Gasteiger partial charge in [-0.05, 0) is 24.6 Å². The molecule has 1 aromatic heterocycles. The predicted octanol–water partition coefficient (Wildman–Crippen LogP) is 3.96. The maximum absolute atomic E-state index is 11.8. The second-order valence-corrected chi connectivity index (χ2v) is 6.67. The normalized spacial score (nSPS) is 12.5. The fourth-order valence-electron chi connectivity index (χ4n) is 3.09. The van der Waals surface area contributed by atoms with Gasteiger partial charge in [-0.3, -0.25) is 4.79 Å². The summed E-state index contributed by atoms with van der Waals surface area (Å²) >= 11 is 0. The first-order valence-electron chi connectivity index (χ1n) is 8.86. The highest BCUT2D eigenvalue weighted by molar-refractivity contribution is 5.78. The summed E-state index contributed by atoms with van der Waals surface area (Å²) < 4.78 is 2.28. The fourth-order valence-corrected chi connectivity index (χ4v) is 3.09. The van der Waals surface area contributed by atoms with Gasteiger partial charge < -0.3 is 9.88 Å². The van der Waals surface area contributed by atoms with E-state index in [9.17, 15) is 4.79 Å². The number of nitrogens with one attached hydrogen (secondary N) is 1. The lowest BCUT2D eigenvalue weighted by Crippen LogP contribution is -2.30. The highest BCUT2D eigenvalue weighted by atomic mass is 16.1. The van der Waals surface area contributed by atoms with E-state index < -0.39 is 0 Å². The zero-order chi connectivity index (χ0) is 17.8. The van der Waals surface area contributed by atoms with E-state index in [1.807, 2.05) is 38.1 Å². The minimum absolute atomic E-state index is 0.00191. The molecule has 0 aliphatic heterocycles. The molecule has 0 radical (unpaired) electrons. The van der Waals surface area contributed by atoms with Gasteiger partial charge in [0.1, 0.15) is 5.82 Å². The molecule has 2 aromatic carbocycles. The van der Waals surface area contributed by atoms with Gasteiger partial charge in [0.15, 0.2) is 0 Å². The van der Waals surface area contributed by atoms with Crippen LogP contribution in [0.3, 0.4) is 0 Å². The SMILES string of the molecule is CC(C)C(=O)NCCc1nc2ccccc2n1[C@H](C)c1ccccc1. The zero-order valence-electron chi connectivity index (χ0n) is 15.1. The minimum Gasteiger partial charge on any atom is -0.355 e. The second kappa shape index (κ2) is 7.51. The van der Waals surface area contributed by atoms with Crippen molar-refractivity contribution >= 4 is 16.9 Å². The number of benzene rings is 2. The molecule has 0 aliphatic carbocycles. The smallest absolute Gasteiger partial charge is 0.222 e. The third-order valence-corrected chi connectivity index (χ3v) is 4.51. The molecule has 3 aromatic rings. The summed E-state index contributed by atoms with van der Waals surface area (Å²) in [7, 11) is 0. The molecular weight excluding hydrogens is 310 g/mol. The van der Waals surface area contributed by atoms with Crippen molar-refractivity contribution < 1.29 is 4.79 Å². The summed E-state index contributed by atoms with van der Waals surface area (Å²) in [4.78, 5) is 16.6. The molecule has 0 fully saturated rings. The molecule has 0 saturated heterocycles. The van der Waals surface area contributed by atoms with Gasteiger partial charge in [-0.25, -0.2) is 4.98 Å². The average Bonchev–Trinajstić information content (AvgIpc) is 2.99. The van der Waals surface area contributed by atoms with Crippen molar-refractivity contribution in [3.05, 3.63) is 66.0 Å². The van der Waals surface area contributed by atoms with Crippen LogP contribution in [0.25, 0.3) is 11.0 Å². The lowest BCUT2D eigenvalue weighted by atomic mass is 10.1. The van der Waals surface area contributed by atoms with Gasteiger partial charge in [-0.15, -0.1) is 0 Å². The Hall–Kier alpha value is -2.62. The van der Waals surface area contributed by atoms with Crippen molar-refractivity contribution in [1.29, 1.82) is 0 Å². The van der Waals surface area contributed by atoms with E-state index in [0.29, 0.717) is 13.0 Å². The molecule has 1 N–H and O–H groups in total. The molecule has 0 unspecified atom stereocenters. The molecule has 1 amide bonds. The molecule has 25 heavy (non-hydrogen) atoms. The number of para-hydroxylation sites is 2. The van der Waals surface area contributed by atoms with Crippen molar-refractivity contribution in [2.24, 2.45) is 5.92 Å². The Kier molecular flexibility index (Phi) is 5.17. The van der Waals surface area contributed by atoms with E-state index in [1.54, 1.807) is 0 Å². The van der Waals surface area contributed by atoms with Crippen LogP contribution in [0.15, 0.2) is 54.6 Å². The molecule has 0 aliphatic rings. The first-order valence-corrected chi connectivity index (χ1v) is 8.86. The van der Waals surface area contributed by atoms with Crippen LogP contribution in [0.4, 0.5) is 0 Å². The number of carbonyl (C=O) groups is 1. The third kappa shape index (κ3) is 3.73. The van der Waals surface area contributed by atoms with Crippen molar-refractivity contribution in [2.75, 3.05) is 6.54 Å². The molecule has 1 atom stereocenters. The van der Waals surface area contributed by atoms with Crippen molar-refractivity contribution in [3.63, 3.8) is 0 Å². The van der Waals surface area contributed by atoms with Gasteiger partial charge in [-0.2, -0.15) is 0 Å². The van der Waals surface area contributed by atoms with Crippen molar-refractivity contribution in [1.82, 2.24) is 14.9 Å². The van der Waals surface area contributed by atoms with Crippen LogP contribution in [0.5, 0.6) is 0 Å². The number of rotatable bonds is 6. The van der Waals surface area contributed by atoms with Gasteiger partial charge in [0.25, 0.3) is 0 Å². The van der Waals surface area contributed by atoms with Crippen LogP contribution >= 0.6 is 0 Å². The minimum atomic E-state index is 0.00191. The van der Waals surface area contributed by atoms with Gasteiger partial charge in [0.2, 0.25) is 5.91 Å². The Morgan fingerprint density at radius 2 is 1.72 bits per heavy atom. The Morgan fingerprint density at radius 1 is 1.04 bits per heavy atom. The Labute approximate surface area is 148 Å². The van der Waals surface area contributed by atoms with Crippen LogP contribution in [0.1, 0.15) is 38.2 Å². The van der Waals surface area contributed by atoms with E-state index in [-0.39, 0.29) is 17.9 Å². The van der Waals surface area contributed by atoms with E-state index in [4.69, 9.17) is 4.98 Å². The second-order valence-electron chi connectivity index (χ2n) is 6.67. The van der Waals surface area contributed by atoms with Gasteiger partial charge >= 0.3 is 0 Å². The first kappa shape index (κ1) is 17.2. The molecule has 4 nitrogen and oxygen atoms in total. The number of carbonyl (C=O) groups excluding carboxylic acids is 1. The number of hydrogen-bond acceptors (Lipinski definition) is 2. The third-order valence-electron chi connectivity index (χ3n) is 4.51. The number of amides is 1. The fraction of sp³-hybridized carbons (Fsp3) is 0.333. The van der Waals surface area contributed by atoms with E-state index in [1.165, 1.54) is 5.56 Å². The predicted molar refractivity (Wildman–Crippen MR) is 102 cm³/mol. The molecule has 0 bridgehead atoms. The number of fused-ring (bicyclic) bond motifs is 1. The van der Waals surface area contributed by atoms with E-state index in [0.717, 1.165) is 16.9 Å². The lowest BCUT2D eigenvalue weighted by Gasteiger charge is -2.18. The largest absolute Gasteiger partial charge is 0.355 e. The van der Waals surface area contributed by atoms with Crippen LogP contribution in [0.2, 0.25) is 0 Å². The highest BCUT2D eigenvalue weighted by Gasteiger charge is 2.17.